The van der Waals surface area contributed by atoms with Crippen molar-refractivity contribution in [2.45, 2.75) is 26.1 Å². The lowest BCUT2D eigenvalue weighted by Gasteiger charge is -2.13. The summed E-state index contributed by atoms with van der Waals surface area (Å²) in [5.74, 6) is -1.52. The summed E-state index contributed by atoms with van der Waals surface area (Å²) in [5, 5.41) is 11.5. The summed E-state index contributed by atoms with van der Waals surface area (Å²) >= 11 is 0. The minimum Gasteiger partial charge on any atom is -0.478 e. The molecule has 0 aliphatic rings. The van der Waals surface area contributed by atoms with E-state index < -0.39 is 23.3 Å². The van der Waals surface area contributed by atoms with Crippen LogP contribution in [0, 0.1) is 0 Å². The van der Waals surface area contributed by atoms with Gasteiger partial charge < -0.3 is 10.4 Å². The van der Waals surface area contributed by atoms with E-state index >= 15 is 0 Å². The van der Waals surface area contributed by atoms with Crippen molar-refractivity contribution < 1.29 is 23.1 Å². The van der Waals surface area contributed by atoms with Crippen molar-refractivity contribution in [1.29, 1.82) is 0 Å². The molecule has 17 heavy (non-hydrogen) atoms. The molecule has 0 spiro atoms. The largest absolute Gasteiger partial charge is 0.478 e. The first-order valence-electron chi connectivity index (χ1n) is 4.79. The van der Waals surface area contributed by atoms with Crippen molar-refractivity contribution >= 4 is 11.8 Å². The SMILES string of the molecule is CC(C)Nc1ncc(C(F)(F)F)cc1C(=O)O. The lowest BCUT2D eigenvalue weighted by atomic mass is 10.1. The van der Waals surface area contributed by atoms with E-state index in [1.807, 2.05) is 0 Å². The van der Waals surface area contributed by atoms with E-state index in [4.69, 9.17) is 5.11 Å². The number of aromatic nitrogens is 1. The van der Waals surface area contributed by atoms with E-state index in [1.165, 1.54) is 0 Å². The van der Waals surface area contributed by atoms with E-state index in [9.17, 15) is 18.0 Å². The van der Waals surface area contributed by atoms with Crippen LogP contribution in [0.25, 0.3) is 0 Å². The van der Waals surface area contributed by atoms with Gasteiger partial charge in [0.15, 0.2) is 0 Å². The van der Waals surface area contributed by atoms with Gasteiger partial charge in [0, 0.05) is 12.2 Å². The number of carbonyl (C=O) groups is 1. The van der Waals surface area contributed by atoms with Gasteiger partial charge in [0.25, 0.3) is 0 Å². The van der Waals surface area contributed by atoms with Crippen LogP contribution < -0.4 is 5.32 Å². The van der Waals surface area contributed by atoms with Gasteiger partial charge in [-0.3, -0.25) is 0 Å². The Morgan fingerprint density at radius 2 is 2.06 bits per heavy atom. The fourth-order valence-corrected chi connectivity index (χ4v) is 1.17. The van der Waals surface area contributed by atoms with Gasteiger partial charge in [-0.25, -0.2) is 9.78 Å². The van der Waals surface area contributed by atoms with Crippen molar-refractivity contribution in [3.8, 4) is 0 Å². The maximum atomic E-state index is 12.4. The van der Waals surface area contributed by atoms with Gasteiger partial charge in [-0.2, -0.15) is 13.2 Å². The number of carboxylic acid groups (broad SMARTS) is 1. The number of pyridine rings is 1. The van der Waals surface area contributed by atoms with E-state index in [2.05, 4.69) is 10.3 Å². The quantitative estimate of drug-likeness (QED) is 0.863. The zero-order valence-electron chi connectivity index (χ0n) is 9.17. The van der Waals surface area contributed by atoms with Crippen LogP contribution in [0.5, 0.6) is 0 Å². The maximum Gasteiger partial charge on any atom is 0.417 e. The standard InChI is InChI=1S/C10H11F3N2O2/c1-5(2)15-8-7(9(16)17)3-6(4-14-8)10(11,12)13/h3-5H,1-2H3,(H,14,15)(H,16,17). The Hall–Kier alpha value is -1.79. The Labute approximate surface area is 95.5 Å². The molecule has 0 aromatic carbocycles. The number of alkyl halides is 3. The Bertz CT molecular complexity index is 430. The average molecular weight is 248 g/mol. The topological polar surface area (TPSA) is 62.2 Å². The summed E-state index contributed by atoms with van der Waals surface area (Å²) < 4.78 is 37.1. The van der Waals surface area contributed by atoms with Crippen molar-refractivity contribution in [2.75, 3.05) is 5.32 Å². The Morgan fingerprint density at radius 3 is 2.47 bits per heavy atom. The first-order chi connectivity index (χ1) is 7.71. The molecule has 0 saturated heterocycles. The van der Waals surface area contributed by atoms with Gasteiger partial charge in [0.1, 0.15) is 11.4 Å². The van der Waals surface area contributed by atoms with Crippen LogP contribution in [0.2, 0.25) is 0 Å². The number of rotatable bonds is 3. The molecule has 0 amide bonds. The van der Waals surface area contributed by atoms with Crippen molar-refractivity contribution in [3.05, 3.63) is 23.4 Å². The van der Waals surface area contributed by atoms with Crippen LogP contribution in [0.1, 0.15) is 29.8 Å². The lowest BCUT2D eigenvalue weighted by Crippen LogP contribution is -2.17. The molecule has 0 aliphatic carbocycles. The molecular weight excluding hydrogens is 237 g/mol. The van der Waals surface area contributed by atoms with Crippen molar-refractivity contribution in [3.63, 3.8) is 0 Å². The second-order valence-corrected chi connectivity index (χ2v) is 3.72. The molecule has 2 N–H and O–H groups in total. The highest BCUT2D eigenvalue weighted by Crippen LogP contribution is 2.30. The van der Waals surface area contributed by atoms with Gasteiger partial charge in [0.2, 0.25) is 0 Å². The number of hydrogen-bond donors (Lipinski definition) is 2. The van der Waals surface area contributed by atoms with Crippen LogP contribution in [0.3, 0.4) is 0 Å². The predicted molar refractivity (Wildman–Crippen MR) is 55.0 cm³/mol. The van der Waals surface area contributed by atoms with E-state index in [0.29, 0.717) is 12.3 Å². The molecule has 0 fully saturated rings. The molecule has 0 radical (unpaired) electrons. The minimum atomic E-state index is -4.60. The molecule has 0 unspecified atom stereocenters. The zero-order valence-corrected chi connectivity index (χ0v) is 9.17. The number of aromatic carboxylic acids is 1. The predicted octanol–water partition coefficient (Wildman–Crippen LogP) is 2.62. The van der Waals surface area contributed by atoms with E-state index in [1.54, 1.807) is 13.8 Å². The second kappa shape index (κ2) is 4.60. The molecule has 7 heteroatoms. The van der Waals surface area contributed by atoms with Gasteiger partial charge in [-0.1, -0.05) is 0 Å². The number of anilines is 1. The minimum absolute atomic E-state index is 0.0690. The summed E-state index contributed by atoms with van der Waals surface area (Å²) in [6.45, 7) is 3.45. The van der Waals surface area contributed by atoms with Gasteiger partial charge in [-0.15, -0.1) is 0 Å². The summed E-state index contributed by atoms with van der Waals surface area (Å²) in [6, 6.07) is 0.442. The molecule has 0 aliphatic heterocycles. The monoisotopic (exact) mass is 248 g/mol. The van der Waals surface area contributed by atoms with Crippen LogP contribution in [-0.2, 0) is 6.18 Å². The molecule has 1 aromatic heterocycles. The normalized spacial score (nSPS) is 11.6. The van der Waals surface area contributed by atoms with E-state index in [-0.39, 0.29) is 11.9 Å². The zero-order chi connectivity index (χ0) is 13.2. The third-order valence-electron chi connectivity index (χ3n) is 1.87. The molecule has 4 nitrogen and oxygen atoms in total. The van der Waals surface area contributed by atoms with Crippen LogP contribution >= 0.6 is 0 Å². The number of nitrogens with zero attached hydrogens (tertiary/aromatic N) is 1. The first kappa shape index (κ1) is 13.3. The Balaban J connectivity index is 3.22. The van der Waals surface area contributed by atoms with Crippen LogP contribution in [0.4, 0.5) is 19.0 Å². The number of carboxylic acids is 1. The number of nitrogens with one attached hydrogen (secondary N) is 1. The molecule has 0 bridgehead atoms. The van der Waals surface area contributed by atoms with E-state index in [0.717, 1.165) is 0 Å². The fraction of sp³-hybridized carbons (Fsp3) is 0.400. The third kappa shape index (κ3) is 3.33. The highest BCUT2D eigenvalue weighted by atomic mass is 19.4. The molecule has 1 aromatic rings. The molecular formula is C10H11F3N2O2. The molecule has 1 heterocycles. The highest BCUT2D eigenvalue weighted by Gasteiger charge is 2.32. The van der Waals surface area contributed by atoms with Gasteiger partial charge in [-0.05, 0) is 19.9 Å². The van der Waals surface area contributed by atoms with Crippen molar-refractivity contribution in [1.82, 2.24) is 4.98 Å². The number of hydrogen-bond acceptors (Lipinski definition) is 3. The molecule has 94 valence electrons. The van der Waals surface area contributed by atoms with Gasteiger partial charge >= 0.3 is 12.1 Å². The Morgan fingerprint density at radius 1 is 1.47 bits per heavy atom. The van der Waals surface area contributed by atoms with Crippen LogP contribution in [0.15, 0.2) is 12.3 Å². The molecule has 0 saturated carbocycles. The maximum absolute atomic E-state index is 12.4. The number of halogens is 3. The summed E-state index contributed by atoms with van der Waals surface area (Å²) in [6.07, 6.45) is -4.00. The van der Waals surface area contributed by atoms with Crippen molar-refractivity contribution in [2.24, 2.45) is 0 Å². The van der Waals surface area contributed by atoms with Crippen LogP contribution in [-0.4, -0.2) is 22.1 Å². The first-order valence-corrected chi connectivity index (χ1v) is 4.79. The smallest absolute Gasteiger partial charge is 0.417 e. The Kier molecular flexibility index (Phi) is 3.59. The molecule has 1 rings (SSSR count). The summed E-state index contributed by atoms with van der Waals surface area (Å²) in [5.41, 5.74) is -1.57. The second-order valence-electron chi connectivity index (χ2n) is 3.72. The summed E-state index contributed by atoms with van der Waals surface area (Å²) in [7, 11) is 0. The highest BCUT2D eigenvalue weighted by molar-refractivity contribution is 5.93. The third-order valence-corrected chi connectivity index (χ3v) is 1.87. The lowest BCUT2D eigenvalue weighted by molar-refractivity contribution is -0.137. The average Bonchev–Trinajstić information content (AvgIpc) is 2.15. The van der Waals surface area contributed by atoms with Gasteiger partial charge in [0.05, 0.1) is 5.56 Å². The fourth-order valence-electron chi connectivity index (χ4n) is 1.17. The molecule has 0 atom stereocenters. The summed E-state index contributed by atoms with van der Waals surface area (Å²) in [4.78, 5) is 14.3.